The molecule has 1 aromatic rings. The minimum Gasteiger partial charge on any atom is -0.417 e. The average molecular weight is 336 g/mol. The molecule has 0 fully saturated rings. The third-order valence-electron chi connectivity index (χ3n) is 5.14. The smallest absolute Gasteiger partial charge is 0.191 e. The van der Waals surface area contributed by atoms with Crippen LogP contribution >= 0.6 is 0 Å². The van der Waals surface area contributed by atoms with Gasteiger partial charge in [0.25, 0.3) is 0 Å². The van der Waals surface area contributed by atoms with Gasteiger partial charge in [0.1, 0.15) is 0 Å². The summed E-state index contributed by atoms with van der Waals surface area (Å²) in [6, 6.07) is 8.74. The average Bonchev–Trinajstić information content (AvgIpc) is 2.42. The molecule has 1 unspecified atom stereocenters. The lowest BCUT2D eigenvalue weighted by molar-refractivity contribution is 0.270. The zero-order valence-electron chi connectivity index (χ0n) is 16.6. The van der Waals surface area contributed by atoms with Crippen molar-refractivity contribution in [3.05, 3.63) is 29.8 Å². The van der Waals surface area contributed by atoms with Crippen molar-refractivity contribution >= 4 is 14.0 Å². The molecule has 0 N–H and O–H groups in total. The van der Waals surface area contributed by atoms with Gasteiger partial charge in [0, 0.05) is 25.9 Å². The van der Waals surface area contributed by atoms with E-state index >= 15 is 0 Å². The highest BCUT2D eigenvalue weighted by molar-refractivity contribution is 6.74. The molecule has 1 atom stereocenters. The van der Waals surface area contributed by atoms with Crippen molar-refractivity contribution in [1.29, 1.82) is 0 Å². The summed E-state index contributed by atoms with van der Waals surface area (Å²) in [6.45, 7) is 18.1. The van der Waals surface area contributed by atoms with Gasteiger partial charge in [-0.25, -0.2) is 0 Å². The van der Waals surface area contributed by atoms with Crippen LogP contribution in [0.3, 0.4) is 0 Å². The van der Waals surface area contributed by atoms with E-state index in [1.54, 1.807) is 0 Å². The van der Waals surface area contributed by atoms with Crippen molar-refractivity contribution in [2.45, 2.75) is 65.6 Å². The lowest BCUT2D eigenvalue weighted by Gasteiger charge is -2.36. The van der Waals surface area contributed by atoms with Gasteiger partial charge in [-0.3, -0.25) is 0 Å². The molecule has 0 heterocycles. The fourth-order valence-corrected chi connectivity index (χ4v) is 3.59. The summed E-state index contributed by atoms with van der Waals surface area (Å²) in [4.78, 5) is 2.37. The molecule has 0 aliphatic carbocycles. The fourth-order valence-electron chi connectivity index (χ4n) is 2.51. The van der Waals surface area contributed by atoms with Crippen molar-refractivity contribution in [3.63, 3.8) is 0 Å². The number of hydrogen-bond donors (Lipinski definition) is 0. The molecule has 0 aliphatic heterocycles. The van der Waals surface area contributed by atoms with Crippen LogP contribution in [-0.2, 0) is 4.43 Å². The minimum absolute atomic E-state index is 0.310. The van der Waals surface area contributed by atoms with Crippen LogP contribution in [0.5, 0.6) is 0 Å². The van der Waals surface area contributed by atoms with E-state index in [2.05, 4.69) is 83.9 Å². The van der Waals surface area contributed by atoms with Crippen molar-refractivity contribution in [1.82, 2.24) is 0 Å². The summed E-state index contributed by atoms with van der Waals surface area (Å²) in [5, 5.41) is 0.310. The van der Waals surface area contributed by atoms with Gasteiger partial charge in [0.05, 0.1) is 0 Å². The van der Waals surface area contributed by atoms with E-state index in [9.17, 15) is 0 Å². The number of hydrogen-bond acceptors (Lipinski definition) is 2. The Kier molecular flexibility index (Phi) is 7.34. The topological polar surface area (TPSA) is 12.5 Å². The first kappa shape index (κ1) is 20.2. The first-order valence-corrected chi connectivity index (χ1v) is 11.9. The Hall–Kier alpha value is -0.803. The summed E-state index contributed by atoms with van der Waals surface area (Å²) in [6.07, 6.45) is 2.39. The largest absolute Gasteiger partial charge is 0.417 e. The van der Waals surface area contributed by atoms with Gasteiger partial charge in [0.15, 0.2) is 8.32 Å². The zero-order valence-corrected chi connectivity index (χ0v) is 17.6. The van der Waals surface area contributed by atoms with E-state index in [-0.39, 0.29) is 0 Å². The fraction of sp³-hybridized carbons (Fsp3) is 0.700. The van der Waals surface area contributed by atoms with Gasteiger partial charge in [-0.2, -0.15) is 0 Å². The highest BCUT2D eigenvalue weighted by Crippen LogP contribution is 2.36. The molecule has 0 amide bonds. The molecule has 2 nitrogen and oxygen atoms in total. The van der Waals surface area contributed by atoms with E-state index in [0.717, 1.165) is 19.6 Å². The molecule has 132 valence electrons. The lowest BCUT2D eigenvalue weighted by Crippen LogP contribution is -2.41. The van der Waals surface area contributed by atoms with Crippen LogP contribution in [0.15, 0.2) is 24.3 Å². The second-order valence-corrected chi connectivity index (χ2v) is 13.4. The molecule has 0 saturated heterocycles. The molecule has 0 aromatic heterocycles. The van der Waals surface area contributed by atoms with Gasteiger partial charge < -0.3 is 9.33 Å². The lowest BCUT2D eigenvalue weighted by atomic mass is 10.1. The Morgan fingerprint density at radius 2 is 1.87 bits per heavy atom. The molecule has 23 heavy (non-hydrogen) atoms. The first-order valence-electron chi connectivity index (χ1n) is 8.95. The molecule has 0 spiro atoms. The minimum atomic E-state index is -1.58. The second kappa shape index (κ2) is 8.34. The number of benzene rings is 1. The Balaban J connectivity index is 2.33. The molecule has 0 saturated carbocycles. The molecular weight excluding hydrogens is 298 g/mol. The van der Waals surface area contributed by atoms with Gasteiger partial charge in [-0.1, -0.05) is 39.8 Å². The van der Waals surface area contributed by atoms with Crippen LogP contribution in [0.25, 0.3) is 0 Å². The molecule has 3 heteroatoms. The predicted molar refractivity (Wildman–Crippen MR) is 106 cm³/mol. The van der Waals surface area contributed by atoms with E-state index < -0.39 is 8.32 Å². The van der Waals surface area contributed by atoms with E-state index in [4.69, 9.17) is 4.43 Å². The Morgan fingerprint density at radius 3 is 2.43 bits per heavy atom. The van der Waals surface area contributed by atoms with E-state index in [0.29, 0.717) is 11.0 Å². The summed E-state index contributed by atoms with van der Waals surface area (Å²) in [5.74, 6) is 0.684. The van der Waals surface area contributed by atoms with Crippen molar-refractivity contribution in [2.75, 3.05) is 25.1 Å². The van der Waals surface area contributed by atoms with Crippen LogP contribution in [0, 0.1) is 12.8 Å². The Labute approximate surface area is 145 Å². The normalized spacial score (nSPS) is 13.9. The predicted octanol–water partition coefficient (Wildman–Crippen LogP) is 5.87. The second-order valence-electron chi connectivity index (χ2n) is 8.58. The van der Waals surface area contributed by atoms with Gasteiger partial charge in [0.2, 0.25) is 0 Å². The number of anilines is 1. The SMILES string of the molecule is Cc1cccc(N(C)CC(C)CCCO[Si](C)(C)C(C)(C)C)c1. The Morgan fingerprint density at radius 1 is 1.22 bits per heavy atom. The highest BCUT2D eigenvalue weighted by atomic mass is 28.4. The monoisotopic (exact) mass is 335 g/mol. The molecular formula is C20H37NOSi. The third-order valence-corrected chi connectivity index (χ3v) is 9.68. The molecule has 0 radical (unpaired) electrons. The van der Waals surface area contributed by atoms with E-state index in [1.807, 2.05) is 0 Å². The van der Waals surface area contributed by atoms with Gasteiger partial charge in [-0.15, -0.1) is 0 Å². The van der Waals surface area contributed by atoms with E-state index in [1.165, 1.54) is 17.7 Å². The van der Waals surface area contributed by atoms with Gasteiger partial charge in [-0.05, 0) is 61.5 Å². The summed E-state index contributed by atoms with van der Waals surface area (Å²) in [5.41, 5.74) is 2.64. The number of nitrogens with zero attached hydrogens (tertiary/aromatic N) is 1. The third kappa shape index (κ3) is 6.68. The number of aryl methyl sites for hydroxylation is 1. The number of rotatable bonds is 8. The zero-order chi connectivity index (χ0) is 17.7. The maximum absolute atomic E-state index is 6.27. The Bertz CT molecular complexity index is 479. The molecule has 1 aromatic carbocycles. The van der Waals surface area contributed by atoms with Crippen LogP contribution in [0.1, 0.15) is 46.1 Å². The van der Waals surface area contributed by atoms with Crippen molar-refractivity contribution < 1.29 is 4.43 Å². The molecule has 0 aliphatic rings. The summed E-state index contributed by atoms with van der Waals surface area (Å²) in [7, 11) is 0.614. The van der Waals surface area contributed by atoms with Crippen molar-refractivity contribution in [3.8, 4) is 0 Å². The van der Waals surface area contributed by atoms with Gasteiger partial charge >= 0.3 is 0 Å². The van der Waals surface area contributed by atoms with Crippen LogP contribution in [-0.4, -0.2) is 28.5 Å². The van der Waals surface area contributed by atoms with Crippen LogP contribution < -0.4 is 4.90 Å². The standard InChI is InChI=1S/C20H37NOSi/c1-17-11-9-13-19(15-17)21(6)16-18(2)12-10-14-22-23(7,8)20(3,4)5/h9,11,13,15,18H,10,12,14,16H2,1-8H3. The quantitative estimate of drug-likeness (QED) is 0.435. The van der Waals surface area contributed by atoms with Crippen LogP contribution in [0.4, 0.5) is 5.69 Å². The first-order chi connectivity index (χ1) is 10.5. The van der Waals surface area contributed by atoms with Crippen molar-refractivity contribution in [2.24, 2.45) is 5.92 Å². The molecule has 1 rings (SSSR count). The highest BCUT2D eigenvalue weighted by Gasteiger charge is 2.36. The summed E-state index contributed by atoms with van der Waals surface area (Å²) >= 11 is 0. The summed E-state index contributed by atoms with van der Waals surface area (Å²) < 4.78 is 6.27. The maximum atomic E-state index is 6.27. The maximum Gasteiger partial charge on any atom is 0.191 e. The van der Waals surface area contributed by atoms with Crippen LogP contribution in [0.2, 0.25) is 18.1 Å². The molecule has 0 bridgehead atoms.